The molecule has 0 spiro atoms. The minimum atomic E-state index is -0.514. The summed E-state index contributed by atoms with van der Waals surface area (Å²) in [5, 5.41) is 13.4. The van der Waals surface area contributed by atoms with Crippen LogP contribution < -0.4 is 11.1 Å². The van der Waals surface area contributed by atoms with Gasteiger partial charge in [0.15, 0.2) is 0 Å². The van der Waals surface area contributed by atoms with Gasteiger partial charge < -0.3 is 11.1 Å². The number of halogens is 1. The number of carbonyl (C=O) groups excluding carboxylic acids is 1. The summed E-state index contributed by atoms with van der Waals surface area (Å²) in [6, 6.07) is 4.19. The Morgan fingerprint density at radius 1 is 1.53 bits per heavy atom. The Kier molecular flexibility index (Phi) is 5.44. The van der Waals surface area contributed by atoms with Crippen LogP contribution in [0.25, 0.3) is 0 Å². The summed E-state index contributed by atoms with van der Waals surface area (Å²) < 4.78 is 0.370. The lowest BCUT2D eigenvalue weighted by atomic mass is 10.0. The van der Waals surface area contributed by atoms with Crippen LogP contribution in [0.3, 0.4) is 0 Å². The molecule has 6 nitrogen and oxygen atoms in total. The van der Waals surface area contributed by atoms with Crippen LogP contribution in [-0.2, 0) is 4.79 Å². The smallest absolute Gasteiger partial charge is 0.285 e. The van der Waals surface area contributed by atoms with Crippen LogP contribution in [0.2, 0.25) is 0 Å². The number of hydrogen-bond donors (Lipinski definition) is 2. The van der Waals surface area contributed by atoms with Crippen LogP contribution in [0.15, 0.2) is 22.7 Å². The Morgan fingerprint density at radius 2 is 2.16 bits per heavy atom. The van der Waals surface area contributed by atoms with Crippen molar-refractivity contribution >= 4 is 33.2 Å². The van der Waals surface area contributed by atoms with Gasteiger partial charge in [-0.05, 0) is 34.0 Å². The van der Waals surface area contributed by atoms with Gasteiger partial charge in [0.05, 0.1) is 9.40 Å². The Balaban J connectivity index is 2.75. The van der Waals surface area contributed by atoms with Gasteiger partial charge in [0.25, 0.3) is 5.69 Å². The molecule has 1 unspecified atom stereocenters. The Bertz CT molecular complexity index is 491. The number of anilines is 1. The zero-order chi connectivity index (χ0) is 14.6. The molecule has 0 saturated heterocycles. The number of carbonyl (C=O) groups is 1. The zero-order valence-corrected chi connectivity index (χ0v) is 12.3. The summed E-state index contributed by atoms with van der Waals surface area (Å²) in [5.41, 5.74) is 6.09. The van der Waals surface area contributed by atoms with Gasteiger partial charge in [-0.1, -0.05) is 13.8 Å². The maximum atomic E-state index is 11.7. The lowest BCUT2D eigenvalue weighted by Gasteiger charge is -2.15. The SMILES string of the molecule is CC(C)C(N)CC(=O)Nc1ccc(Br)c([N+](=O)[O-])c1. The van der Waals surface area contributed by atoms with Crippen molar-refractivity contribution < 1.29 is 9.72 Å². The molecule has 104 valence electrons. The summed E-state index contributed by atoms with van der Waals surface area (Å²) >= 11 is 3.08. The second kappa shape index (κ2) is 6.63. The maximum absolute atomic E-state index is 11.7. The molecule has 0 heterocycles. The van der Waals surface area contributed by atoms with Crippen molar-refractivity contribution in [3.05, 3.63) is 32.8 Å². The molecule has 1 rings (SSSR count). The molecule has 0 aliphatic rings. The molecule has 1 aromatic rings. The number of nitrogens with zero attached hydrogens (tertiary/aromatic N) is 1. The third kappa shape index (κ3) is 4.60. The molecule has 1 atom stereocenters. The first-order chi connectivity index (χ1) is 8.81. The van der Waals surface area contributed by atoms with E-state index in [2.05, 4.69) is 21.2 Å². The molecule has 0 aliphatic heterocycles. The molecule has 0 saturated carbocycles. The van der Waals surface area contributed by atoms with Crippen molar-refractivity contribution in [2.24, 2.45) is 11.7 Å². The predicted molar refractivity (Wildman–Crippen MR) is 76.9 cm³/mol. The second-order valence-electron chi connectivity index (χ2n) is 4.58. The zero-order valence-electron chi connectivity index (χ0n) is 10.7. The molecule has 0 aromatic heterocycles. The highest BCUT2D eigenvalue weighted by Gasteiger charge is 2.16. The number of rotatable bonds is 5. The first-order valence-corrected chi connectivity index (χ1v) is 6.60. The normalized spacial score (nSPS) is 12.3. The average molecular weight is 330 g/mol. The second-order valence-corrected chi connectivity index (χ2v) is 5.44. The fraction of sp³-hybridized carbons (Fsp3) is 0.417. The van der Waals surface area contributed by atoms with Gasteiger partial charge in [0, 0.05) is 24.2 Å². The predicted octanol–water partition coefficient (Wildman–Crippen LogP) is 2.67. The van der Waals surface area contributed by atoms with Crippen molar-refractivity contribution in [3.63, 3.8) is 0 Å². The van der Waals surface area contributed by atoms with Crippen LogP contribution in [-0.4, -0.2) is 16.9 Å². The third-order valence-corrected chi connectivity index (χ3v) is 3.37. The fourth-order valence-corrected chi connectivity index (χ4v) is 1.78. The van der Waals surface area contributed by atoms with Crippen LogP contribution in [0, 0.1) is 16.0 Å². The number of hydrogen-bond acceptors (Lipinski definition) is 4. The van der Waals surface area contributed by atoms with Crippen LogP contribution >= 0.6 is 15.9 Å². The van der Waals surface area contributed by atoms with Gasteiger partial charge >= 0.3 is 0 Å². The number of amides is 1. The van der Waals surface area contributed by atoms with E-state index < -0.39 is 4.92 Å². The first kappa shape index (κ1) is 15.6. The van der Waals surface area contributed by atoms with E-state index in [9.17, 15) is 14.9 Å². The first-order valence-electron chi connectivity index (χ1n) is 5.80. The van der Waals surface area contributed by atoms with Gasteiger partial charge in [0.2, 0.25) is 5.91 Å². The minimum absolute atomic E-state index is 0.0917. The highest BCUT2D eigenvalue weighted by Crippen LogP contribution is 2.27. The average Bonchev–Trinajstić information content (AvgIpc) is 2.30. The molecule has 19 heavy (non-hydrogen) atoms. The Hall–Kier alpha value is -1.47. The number of nitro benzene ring substituents is 1. The largest absolute Gasteiger partial charge is 0.327 e. The monoisotopic (exact) mass is 329 g/mol. The Labute approximate surface area is 119 Å². The van der Waals surface area contributed by atoms with Crippen LogP contribution in [0.1, 0.15) is 20.3 Å². The molecule has 1 amide bonds. The molecular formula is C12H16BrN3O3. The molecule has 0 radical (unpaired) electrons. The lowest BCUT2D eigenvalue weighted by Crippen LogP contribution is -2.31. The van der Waals surface area contributed by atoms with Gasteiger partial charge in [0.1, 0.15) is 0 Å². The van der Waals surface area contributed by atoms with E-state index in [1.54, 1.807) is 6.07 Å². The summed E-state index contributed by atoms with van der Waals surface area (Å²) in [5.74, 6) is -0.0529. The Morgan fingerprint density at radius 3 is 2.68 bits per heavy atom. The van der Waals surface area contributed by atoms with Crippen molar-refractivity contribution in [2.75, 3.05) is 5.32 Å². The van der Waals surface area contributed by atoms with Crippen molar-refractivity contribution in [1.82, 2.24) is 0 Å². The van der Waals surface area contributed by atoms with E-state index in [1.165, 1.54) is 12.1 Å². The standard InChI is InChI=1S/C12H16BrN3O3/c1-7(2)10(14)6-12(17)15-8-3-4-9(13)11(5-8)16(18)19/h3-5,7,10H,6,14H2,1-2H3,(H,15,17). The van der Waals surface area contributed by atoms with Crippen LogP contribution in [0.4, 0.5) is 11.4 Å². The third-order valence-electron chi connectivity index (χ3n) is 2.70. The number of nitrogens with one attached hydrogen (secondary N) is 1. The number of benzene rings is 1. The topological polar surface area (TPSA) is 98.3 Å². The van der Waals surface area contributed by atoms with Gasteiger partial charge in [-0.3, -0.25) is 14.9 Å². The van der Waals surface area contributed by atoms with E-state index in [-0.39, 0.29) is 30.0 Å². The molecule has 7 heteroatoms. The minimum Gasteiger partial charge on any atom is -0.327 e. The summed E-state index contributed by atoms with van der Waals surface area (Å²) in [4.78, 5) is 22.0. The molecule has 0 aliphatic carbocycles. The molecule has 0 bridgehead atoms. The molecule has 1 aromatic carbocycles. The quantitative estimate of drug-likeness (QED) is 0.640. The van der Waals surface area contributed by atoms with Gasteiger partial charge in [-0.25, -0.2) is 0 Å². The number of nitrogens with two attached hydrogens (primary N) is 1. The van der Waals surface area contributed by atoms with Crippen molar-refractivity contribution in [1.29, 1.82) is 0 Å². The van der Waals surface area contributed by atoms with Gasteiger partial charge in [-0.2, -0.15) is 0 Å². The summed E-state index contributed by atoms with van der Waals surface area (Å²) in [7, 11) is 0. The fourth-order valence-electron chi connectivity index (χ4n) is 1.39. The lowest BCUT2D eigenvalue weighted by molar-refractivity contribution is -0.385. The number of nitro groups is 1. The summed E-state index contributed by atoms with van der Waals surface area (Å²) in [6.45, 7) is 3.87. The molecule has 0 fully saturated rings. The van der Waals surface area contributed by atoms with E-state index >= 15 is 0 Å². The van der Waals surface area contributed by atoms with Crippen molar-refractivity contribution in [2.45, 2.75) is 26.3 Å². The highest BCUT2D eigenvalue weighted by atomic mass is 79.9. The summed E-state index contributed by atoms with van der Waals surface area (Å²) in [6.07, 6.45) is 0.182. The van der Waals surface area contributed by atoms with Crippen LogP contribution in [0.5, 0.6) is 0 Å². The van der Waals surface area contributed by atoms with E-state index in [0.29, 0.717) is 10.2 Å². The van der Waals surface area contributed by atoms with Crippen molar-refractivity contribution in [3.8, 4) is 0 Å². The van der Waals surface area contributed by atoms with Gasteiger partial charge in [-0.15, -0.1) is 0 Å². The van der Waals surface area contributed by atoms with E-state index in [4.69, 9.17) is 5.73 Å². The molecule has 3 N–H and O–H groups in total. The van der Waals surface area contributed by atoms with E-state index in [1.807, 2.05) is 13.8 Å². The van der Waals surface area contributed by atoms with E-state index in [0.717, 1.165) is 0 Å². The molecular weight excluding hydrogens is 314 g/mol. The highest BCUT2D eigenvalue weighted by molar-refractivity contribution is 9.10. The maximum Gasteiger partial charge on any atom is 0.285 e.